The lowest BCUT2D eigenvalue weighted by molar-refractivity contribution is -0.0713. The van der Waals surface area contributed by atoms with Crippen LogP contribution in [0.1, 0.15) is 38.5 Å². The highest BCUT2D eigenvalue weighted by molar-refractivity contribution is 9.10. The van der Waals surface area contributed by atoms with Gasteiger partial charge in [0.15, 0.2) is 9.84 Å². The van der Waals surface area contributed by atoms with Crippen LogP contribution in [0.5, 0.6) is 0 Å². The number of hydrogen-bond acceptors (Lipinski definition) is 4. The molecule has 6 heteroatoms. The summed E-state index contributed by atoms with van der Waals surface area (Å²) >= 11 is 3.33. The molecule has 2 N–H and O–H groups in total. The molecular weight excluding hydrogens is 354 g/mol. The number of halogens is 1. The van der Waals surface area contributed by atoms with Gasteiger partial charge in [-0.2, -0.15) is 0 Å². The Morgan fingerprint density at radius 2 is 2.00 bits per heavy atom. The minimum absolute atomic E-state index is 0.198. The summed E-state index contributed by atoms with van der Waals surface area (Å²) < 4.78 is 32.4. The van der Waals surface area contributed by atoms with Crippen LogP contribution in [0.15, 0.2) is 27.6 Å². The molecule has 1 spiro atoms. The molecule has 1 saturated heterocycles. The summed E-state index contributed by atoms with van der Waals surface area (Å²) in [6.07, 6.45) is 5.44. The Hall–Kier alpha value is -0.590. The van der Waals surface area contributed by atoms with Crippen LogP contribution < -0.4 is 5.73 Å². The fourth-order valence-corrected chi connectivity index (χ4v) is 6.49. The molecule has 0 amide bonds. The molecule has 0 aromatic heterocycles. The van der Waals surface area contributed by atoms with Crippen molar-refractivity contribution in [3.8, 4) is 0 Å². The molecule has 1 saturated carbocycles. The van der Waals surface area contributed by atoms with Gasteiger partial charge in [0.25, 0.3) is 0 Å². The molecule has 3 rings (SSSR count). The van der Waals surface area contributed by atoms with Crippen LogP contribution in [0.2, 0.25) is 0 Å². The molecule has 0 bridgehead atoms. The van der Waals surface area contributed by atoms with Crippen molar-refractivity contribution >= 4 is 31.5 Å². The van der Waals surface area contributed by atoms with Crippen LogP contribution >= 0.6 is 15.9 Å². The van der Waals surface area contributed by atoms with E-state index in [-0.39, 0.29) is 10.9 Å². The van der Waals surface area contributed by atoms with Crippen LogP contribution in [0.4, 0.5) is 5.69 Å². The first kappa shape index (κ1) is 15.3. The van der Waals surface area contributed by atoms with E-state index in [9.17, 15) is 8.42 Å². The average Bonchev–Trinajstić information content (AvgIpc) is 2.86. The van der Waals surface area contributed by atoms with Crippen molar-refractivity contribution in [1.29, 1.82) is 0 Å². The molecular formula is C15H20BrNO3S. The first-order chi connectivity index (χ1) is 9.93. The molecule has 2 aliphatic rings. The van der Waals surface area contributed by atoms with Crippen molar-refractivity contribution in [2.75, 3.05) is 12.3 Å². The molecule has 1 atom stereocenters. The van der Waals surface area contributed by atoms with Crippen LogP contribution in [-0.4, -0.2) is 25.9 Å². The van der Waals surface area contributed by atoms with Gasteiger partial charge in [0.05, 0.1) is 15.7 Å². The highest BCUT2D eigenvalue weighted by Crippen LogP contribution is 2.43. The molecule has 4 nitrogen and oxygen atoms in total. The van der Waals surface area contributed by atoms with E-state index >= 15 is 0 Å². The van der Waals surface area contributed by atoms with Crippen molar-refractivity contribution in [2.24, 2.45) is 0 Å². The first-order valence-corrected chi connectivity index (χ1v) is 9.70. The molecule has 116 valence electrons. The van der Waals surface area contributed by atoms with E-state index in [0.29, 0.717) is 34.5 Å². The van der Waals surface area contributed by atoms with Gasteiger partial charge in [-0.1, -0.05) is 12.8 Å². The Labute approximate surface area is 134 Å². The monoisotopic (exact) mass is 373 g/mol. The van der Waals surface area contributed by atoms with Crippen LogP contribution in [0, 0.1) is 0 Å². The van der Waals surface area contributed by atoms with Crippen molar-refractivity contribution in [3.05, 3.63) is 22.7 Å². The standard InChI is InChI=1S/C15H20BrNO3S/c16-13-9-11(17)3-4-14(13)21(18,19)12-5-8-20-15(10-12)6-1-2-7-15/h3-4,9,12H,1-2,5-8,10,17H2. The number of benzene rings is 1. The summed E-state index contributed by atoms with van der Waals surface area (Å²) in [6, 6.07) is 4.89. The van der Waals surface area contributed by atoms with Gasteiger partial charge in [0, 0.05) is 16.8 Å². The molecule has 21 heavy (non-hydrogen) atoms. The molecule has 2 fully saturated rings. The predicted octanol–water partition coefficient (Wildman–Crippen LogP) is 3.30. The van der Waals surface area contributed by atoms with Gasteiger partial charge in [0.2, 0.25) is 0 Å². The Morgan fingerprint density at radius 1 is 1.29 bits per heavy atom. The summed E-state index contributed by atoms with van der Waals surface area (Å²) in [5.41, 5.74) is 6.06. The number of nitrogens with two attached hydrogens (primary N) is 1. The highest BCUT2D eigenvalue weighted by Gasteiger charge is 2.44. The van der Waals surface area contributed by atoms with E-state index in [2.05, 4.69) is 15.9 Å². The van der Waals surface area contributed by atoms with E-state index in [1.807, 2.05) is 0 Å². The molecule has 1 aliphatic heterocycles. The zero-order valence-corrected chi connectivity index (χ0v) is 14.2. The Bertz CT molecular complexity index is 638. The lowest BCUT2D eigenvalue weighted by atomic mass is 9.92. The maximum Gasteiger partial charge on any atom is 0.182 e. The SMILES string of the molecule is Nc1ccc(S(=O)(=O)C2CCOC3(CCCC3)C2)c(Br)c1. The number of rotatable bonds is 2. The van der Waals surface area contributed by atoms with Crippen LogP contribution in [-0.2, 0) is 14.6 Å². The summed E-state index contributed by atoms with van der Waals surface area (Å²) in [5, 5.41) is -0.357. The van der Waals surface area contributed by atoms with Crippen LogP contribution in [0.25, 0.3) is 0 Å². The third kappa shape index (κ3) is 2.85. The van der Waals surface area contributed by atoms with Crippen molar-refractivity contribution < 1.29 is 13.2 Å². The maximum absolute atomic E-state index is 12.9. The van der Waals surface area contributed by atoms with Gasteiger partial charge >= 0.3 is 0 Å². The van der Waals surface area contributed by atoms with E-state index < -0.39 is 9.84 Å². The minimum Gasteiger partial charge on any atom is -0.399 e. The molecule has 1 heterocycles. The van der Waals surface area contributed by atoms with Gasteiger partial charge in [-0.05, 0) is 59.8 Å². The summed E-state index contributed by atoms with van der Waals surface area (Å²) in [7, 11) is -3.36. The molecule has 1 unspecified atom stereocenters. The smallest absolute Gasteiger partial charge is 0.182 e. The summed E-state index contributed by atoms with van der Waals surface area (Å²) in [5.74, 6) is 0. The molecule has 1 aromatic carbocycles. The Balaban J connectivity index is 1.90. The first-order valence-electron chi connectivity index (χ1n) is 7.36. The topological polar surface area (TPSA) is 69.4 Å². The van der Waals surface area contributed by atoms with Crippen molar-refractivity contribution in [3.63, 3.8) is 0 Å². The van der Waals surface area contributed by atoms with E-state index in [1.165, 1.54) is 0 Å². The second kappa shape index (κ2) is 5.56. The van der Waals surface area contributed by atoms with E-state index in [4.69, 9.17) is 10.5 Å². The minimum atomic E-state index is -3.36. The quantitative estimate of drug-likeness (QED) is 0.807. The number of ether oxygens (including phenoxy) is 1. The number of sulfone groups is 1. The lowest BCUT2D eigenvalue weighted by Crippen LogP contribution is -2.42. The van der Waals surface area contributed by atoms with Crippen molar-refractivity contribution in [2.45, 2.75) is 54.3 Å². The second-order valence-corrected chi connectivity index (χ2v) is 9.14. The summed E-state index contributed by atoms with van der Waals surface area (Å²) in [4.78, 5) is 0.344. The number of anilines is 1. The summed E-state index contributed by atoms with van der Waals surface area (Å²) in [6.45, 7) is 0.538. The van der Waals surface area contributed by atoms with Gasteiger partial charge < -0.3 is 10.5 Å². The Kier molecular flexibility index (Phi) is 4.05. The fourth-order valence-electron chi connectivity index (χ4n) is 3.54. The number of nitrogen functional groups attached to an aromatic ring is 1. The average molecular weight is 374 g/mol. The van der Waals surface area contributed by atoms with E-state index in [1.54, 1.807) is 18.2 Å². The fraction of sp³-hybridized carbons (Fsp3) is 0.600. The predicted molar refractivity (Wildman–Crippen MR) is 85.9 cm³/mol. The molecule has 1 aromatic rings. The van der Waals surface area contributed by atoms with Gasteiger partial charge in [0.1, 0.15) is 0 Å². The lowest BCUT2D eigenvalue weighted by Gasteiger charge is -2.38. The van der Waals surface area contributed by atoms with Gasteiger partial charge in [-0.25, -0.2) is 8.42 Å². The second-order valence-electron chi connectivity index (χ2n) is 6.09. The molecule has 0 radical (unpaired) electrons. The normalized spacial score (nSPS) is 25.3. The van der Waals surface area contributed by atoms with Gasteiger partial charge in [-0.15, -0.1) is 0 Å². The third-order valence-electron chi connectivity index (χ3n) is 4.66. The maximum atomic E-state index is 12.9. The Morgan fingerprint density at radius 3 is 2.67 bits per heavy atom. The zero-order valence-electron chi connectivity index (χ0n) is 11.8. The van der Waals surface area contributed by atoms with E-state index in [0.717, 1.165) is 25.7 Å². The molecule has 1 aliphatic carbocycles. The van der Waals surface area contributed by atoms with Crippen LogP contribution in [0.3, 0.4) is 0 Å². The largest absolute Gasteiger partial charge is 0.399 e. The highest BCUT2D eigenvalue weighted by atomic mass is 79.9. The third-order valence-corrected chi connectivity index (χ3v) is 7.83. The zero-order chi connectivity index (χ0) is 15.1. The van der Waals surface area contributed by atoms with Gasteiger partial charge in [-0.3, -0.25) is 0 Å². The number of hydrogen-bond donors (Lipinski definition) is 1. The van der Waals surface area contributed by atoms with Crippen molar-refractivity contribution in [1.82, 2.24) is 0 Å².